The van der Waals surface area contributed by atoms with Crippen molar-refractivity contribution < 1.29 is 35.8 Å². The van der Waals surface area contributed by atoms with E-state index in [9.17, 15) is 26.3 Å². The first kappa shape index (κ1) is 18.1. The molecule has 0 spiro atoms. The van der Waals surface area contributed by atoms with Gasteiger partial charge >= 0.3 is 12.4 Å². The molecule has 0 atom stereocenters. The summed E-state index contributed by atoms with van der Waals surface area (Å²) in [5.41, 5.74) is -0.571. The minimum absolute atomic E-state index is 0.241. The summed E-state index contributed by atoms with van der Waals surface area (Å²) in [6, 6.07) is 3.47. The second kappa shape index (κ2) is 7.35. The number of hydrogen-bond acceptors (Lipinski definition) is 2. The van der Waals surface area contributed by atoms with Gasteiger partial charge in [0.25, 0.3) is 0 Å². The zero-order valence-electron chi connectivity index (χ0n) is 10.5. The van der Waals surface area contributed by atoms with Crippen LogP contribution in [0.25, 0.3) is 0 Å². The van der Waals surface area contributed by atoms with Gasteiger partial charge in [-0.2, -0.15) is 26.3 Å². The minimum Gasteiger partial charge on any atom is -0.491 e. The van der Waals surface area contributed by atoms with E-state index in [2.05, 4.69) is 20.7 Å². The van der Waals surface area contributed by atoms with Crippen molar-refractivity contribution in [1.29, 1.82) is 0 Å². The van der Waals surface area contributed by atoms with Crippen LogP contribution < -0.4 is 4.74 Å². The molecule has 0 aliphatic rings. The van der Waals surface area contributed by atoms with Crippen molar-refractivity contribution in [1.82, 2.24) is 0 Å². The van der Waals surface area contributed by atoms with Crippen molar-refractivity contribution in [3.63, 3.8) is 0 Å². The standard InChI is InChI=1S/C12H11BrF6O2/c13-6-8-1-2-10(9(5-8)12(17,18)19)21-4-3-20-7-11(14,15)16/h1-2,5H,3-4,6-7H2. The van der Waals surface area contributed by atoms with Gasteiger partial charge in [0.2, 0.25) is 0 Å². The Hall–Kier alpha value is -0.960. The van der Waals surface area contributed by atoms with Gasteiger partial charge in [0, 0.05) is 5.33 Å². The first-order valence-corrected chi connectivity index (χ1v) is 6.79. The van der Waals surface area contributed by atoms with E-state index in [1.807, 2.05) is 0 Å². The Balaban J connectivity index is 2.62. The molecule has 2 nitrogen and oxygen atoms in total. The molecule has 0 N–H and O–H groups in total. The van der Waals surface area contributed by atoms with E-state index in [1.54, 1.807) is 0 Å². The molecule has 1 aromatic rings. The van der Waals surface area contributed by atoms with E-state index in [-0.39, 0.29) is 5.33 Å². The van der Waals surface area contributed by atoms with Gasteiger partial charge in [-0.1, -0.05) is 22.0 Å². The largest absolute Gasteiger partial charge is 0.491 e. The highest BCUT2D eigenvalue weighted by Gasteiger charge is 2.34. The number of benzene rings is 1. The molecule has 0 heterocycles. The van der Waals surface area contributed by atoms with Crippen LogP contribution in [0.3, 0.4) is 0 Å². The van der Waals surface area contributed by atoms with E-state index in [0.717, 1.165) is 12.1 Å². The third kappa shape index (κ3) is 6.56. The molecule has 0 bridgehead atoms. The van der Waals surface area contributed by atoms with Crippen LogP contribution in [0.5, 0.6) is 5.75 Å². The van der Waals surface area contributed by atoms with Crippen LogP contribution in [-0.4, -0.2) is 26.0 Å². The van der Waals surface area contributed by atoms with Crippen LogP contribution in [0.1, 0.15) is 11.1 Å². The molecule has 0 amide bonds. The maximum atomic E-state index is 12.8. The van der Waals surface area contributed by atoms with Gasteiger partial charge in [-0.25, -0.2) is 0 Å². The summed E-state index contributed by atoms with van der Waals surface area (Å²) in [5, 5.41) is 0.241. The predicted octanol–water partition coefficient (Wildman–Crippen LogP) is 4.56. The second-order valence-corrected chi connectivity index (χ2v) is 4.54. The Morgan fingerprint density at radius 2 is 1.67 bits per heavy atom. The van der Waals surface area contributed by atoms with E-state index >= 15 is 0 Å². The Morgan fingerprint density at radius 1 is 1.00 bits per heavy atom. The van der Waals surface area contributed by atoms with Gasteiger partial charge in [0.05, 0.1) is 12.2 Å². The molecule has 0 saturated carbocycles. The van der Waals surface area contributed by atoms with Crippen molar-refractivity contribution in [3.8, 4) is 5.75 Å². The lowest BCUT2D eigenvalue weighted by Gasteiger charge is -2.15. The van der Waals surface area contributed by atoms with E-state index in [1.165, 1.54) is 6.07 Å². The summed E-state index contributed by atoms with van der Waals surface area (Å²) in [7, 11) is 0. The quantitative estimate of drug-likeness (QED) is 0.409. The highest BCUT2D eigenvalue weighted by molar-refractivity contribution is 9.08. The fourth-order valence-electron chi connectivity index (χ4n) is 1.41. The fraction of sp³-hybridized carbons (Fsp3) is 0.500. The highest BCUT2D eigenvalue weighted by Crippen LogP contribution is 2.37. The second-order valence-electron chi connectivity index (χ2n) is 3.98. The number of rotatable bonds is 6. The Bertz CT molecular complexity index is 458. The molecule has 0 aromatic heterocycles. The molecule has 9 heteroatoms. The summed E-state index contributed by atoms with van der Waals surface area (Å²) in [4.78, 5) is 0. The summed E-state index contributed by atoms with van der Waals surface area (Å²) >= 11 is 3.04. The van der Waals surface area contributed by atoms with Gasteiger partial charge in [-0.15, -0.1) is 0 Å². The molecular formula is C12H11BrF6O2. The van der Waals surface area contributed by atoms with Crippen LogP contribution in [0.15, 0.2) is 18.2 Å². The molecule has 0 aliphatic carbocycles. The first-order valence-electron chi connectivity index (χ1n) is 5.67. The van der Waals surface area contributed by atoms with Crippen molar-refractivity contribution >= 4 is 15.9 Å². The lowest BCUT2D eigenvalue weighted by Crippen LogP contribution is -2.20. The van der Waals surface area contributed by atoms with E-state index in [4.69, 9.17) is 4.74 Å². The molecule has 1 rings (SSSR count). The van der Waals surface area contributed by atoms with Gasteiger partial charge in [-0.3, -0.25) is 0 Å². The molecule has 1 aromatic carbocycles. The Labute approximate surface area is 125 Å². The summed E-state index contributed by atoms with van der Waals surface area (Å²) in [6.07, 6.45) is -9.09. The van der Waals surface area contributed by atoms with Crippen LogP contribution in [0.2, 0.25) is 0 Å². The van der Waals surface area contributed by atoms with Gasteiger partial charge in [0.15, 0.2) is 0 Å². The smallest absolute Gasteiger partial charge is 0.419 e. The minimum atomic E-state index is -4.61. The fourth-order valence-corrected chi connectivity index (χ4v) is 1.75. The molecule has 0 saturated heterocycles. The SMILES string of the molecule is FC(F)(F)COCCOc1ccc(CBr)cc1C(F)(F)F. The number of alkyl halides is 7. The first-order chi connectivity index (χ1) is 9.63. The van der Waals surface area contributed by atoms with Gasteiger partial charge in [-0.05, 0) is 17.7 Å². The predicted molar refractivity (Wildman–Crippen MR) is 66.4 cm³/mol. The van der Waals surface area contributed by atoms with Crippen molar-refractivity contribution in [3.05, 3.63) is 29.3 Å². The molecule has 0 radical (unpaired) electrons. The average Bonchev–Trinajstić information content (AvgIpc) is 2.36. The topological polar surface area (TPSA) is 18.5 Å². The summed E-state index contributed by atoms with van der Waals surface area (Å²) < 4.78 is 82.9. The van der Waals surface area contributed by atoms with Gasteiger partial charge < -0.3 is 9.47 Å². The molecule has 0 unspecified atom stereocenters. The number of halogens is 7. The third-order valence-electron chi connectivity index (χ3n) is 2.25. The van der Waals surface area contributed by atoms with E-state index < -0.39 is 43.5 Å². The lowest BCUT2D eigenvalue weighted by molar-refractivity contribution is -0.175. The van der Waals surface area contributed by atoms with Crippen molar-refractivity contribution in [2.75, 3.05) is 19.8 Å². The molecule has 21 heavy (non-hydrogen) atoms. The highest BCUT2D eigenvalue weighted by atomic mass is 79.9. The van der Waals surface area contributed by atoms with Crippen molar-refractivity contribution in [2.24, 2.45) is 0 Å². The van der Waals surface area contributed by atoms with Crippen LogP contribution in [-0.2, 0) is 16.2 Å². The van der Waals surface area contributed by atoms with Crippen LogP contribution in [0.4, 0.5) is 26.3 Å². The monoisotopic (exact) mass is 380 g/mol. The summed E-state index contributed by atoms with van der Waals surface area (Å²) in [6.45, 7) is -2.34. The van der Waals surface area contributed by atoms with Crippen LogP contribution >= 0.6 is 15.9 Å². The maximum absolute atomic E-state index is 12.8. The normalized spacial score (nSPS) is 12.5. The third-order valence-corrected chi connectivity index (χ3v) is 2.90. The Kier molecular flexibility index (Phi) is 6.33. The zero-order valence-corrected chi connectivity index (χ0v) is 12.1. The van der Waals surface area contributed by atoms with Crippen molar-refractivity contribution in [2.45, 2.75) is 17.7 Å². The molecular weight excluding hydrogens is 370 g/mol. The van der Waals surface area contributed by atoms with E-state index in [0.29, 0.717) is 5.56 Å². The zero-order chi connectivity index (χ0) is 16.1. The number of hydrogen-bond donors (Lipinski definition) is 0. The molecule has 120 valence electrons. The van der Waals surface area contributed by atoms with Gasteiger partial charge in [0.1, 0.15) is 19.0 Å². The summed E-state index contributed by atoms with van der Waals surface area (Å²) in [5.74, 6) is -0.442. The molecule has 0 aliphatic heterocycles. The average molecular weight is 381 g/mol. The lowest BCUT2D eigenvalue weighted by atomic mass is 10.1. The Morgan fingerprint density at radius 3 is 2.19 bits per heavy atom. The van der Waals surface area contributed by atoms with Crippen LogP contribution in [0, 0.1) is 0 Å². The maximum Gasteiger partial charge on any atom is 0.419 e. The number of ether oxygens (including phenoxy) is 2. The molecule has 0 fully saturated rings.